The van der Waals surface area contributed by atoms with Crippen LogP contribution in [0.25, 0.3) is 0 Å². The van der Waals surface area contributed by atoms with Crippen LogP contribution in [0, 0.1) is 0 Å². The van der Waals surface area contributed by atoms with Crippen LogP contribution in [0.3, 0.4) is 0 Å². The maximum atomic E-state index is 12.6. The summed E-state index contributed by atoms with van der Waals surface area (Å²) in [5.74, 6) is 1.30. The van der Waals surface area contributed by atoms with Crippen LogP contribution in [0.1, 0.15) is 17.5 Å². The van der Waals surface area contributed by atoms with Crippen molar-refractivity contribution in [3.63, 3.8) is 0 Å². The first kappa shape index (κ1) is 10.2. The van der Waals surface area contributed by atoms with Gasteiger partial charge in [-0.2, -0.15) is 0 Å². The Morgan fingerprint density at radius 1 is 1.33 bits per heavy atom. The van der Waals surface area contributed by atoms with E-state index in [0.29, 0.717) is 29.9 Å². The van der Waals surface area contributed by atoms with E-state index in [4.69, 9.17) is 14.6 Å². The van der Waals surface area contributed by atoms with Gasteiger partial charge in [0.2, 0.25) is 6.79 Å². The molecule has 0 saturated heterocycles. The van der Waals surface area contributed by atoms with Crippen LogP contribution in [-0.4, -0.2) is 18.5 Å². The number of hydrogen-bond acceptors (Lipinski definition) is 3. The molecule has 0 radical (unpaired) electrons. The first-order chi connectivity index (χ1) is 7.35. The van der Waals surface area contributed by atoms with Gasteiger partial charge >= 0.3 is 0 Å². The number of hydrogen-bond donors (Lipinski definition) is 1. The van der Waals surface area contributed by atoms with E-state index >= 15 is 0 Å². The third-order valence-electron chi connectivity index (χ3n) is 2.37. The SMILES string of the molecule is OCCCc1cc(CF)cc2c1OCO2. The molecule has 82 valence electrons. The zero-order valence-electron chi connectivity index (χ0n) is 8.33. The van der Waals surface area contributed by atoms with Gasteiger partial charge in [0, 0.05) is 6.61 Å². The number of fused-ring (bicyclic) bond motifs is 1. The highest BCUT2D eigenvalue weighted by Crippen LogP contribution is 2.37. The van der Waals surface area contributed by atoms with Crippen LogP contribution in [0.2, 0.25) is 0 Å². The Bertz CT molecular complexity index is 352. The quantitative estimate of drug-likeness (QED) is 0.827. The largest absolute Gasteiger partial charge is 0.454 e. The third kappa shape index (κ3) is 2.04. The minimum absolute atomic E-state index is 0.121. The zero-order chi connectivity index (χ0) is 10.7. The summed E-state index contributed by atoms with van der Waals surface area (Å²) in [6.07, 6.45) is 1.32. The first-order valence-electron chi connectivity index (χ1n) is 4.93. The Labute approximate surface area is 87.4 Å². The van der Waals surface area contributed by atoms with E-state index in [-0.39, 0.29) is 13.4 Å². The molecule has 0 unspecified atom stereocenters. The fraction of sp³-hybridized carbons (Fsp3) is 0.455. The Morgan fingerprint density at radius 2 is 2.20 bits per heavy atom. The number of ether oxygens (including phenoxy) is 2. The first-order valence-corrected chi connectivity index (χ1v) is 4.93. The molecule has 0 saturated carbocycles. The van der Waals surface area contributed by atoms with E-state index in [0.717, 1.165) is 5.56 Å². The predicted molar refractivity (Wildman–Crippen MR) is 52.8 cm³/mol. The van der Waals surface area contributed by atoms with E-state index < -0.39 is 6.67 Å². The number of halogens is 1. The van der Waals surface area contributed by atoms with Gasteiger partial charge in [0.25, 0.3) is 0 Å². The van der Waals surface area contributed by atoms with Gasteiger partial charge in [-0.3, -0.25) is 0 Å². The van der Waals surface area contributed by atoms with Crippen LogP contribution in [0.4, 0.5) is 4.39 Å². The maximum Gasteiger partial charge on any atom is 0.231 e. The molecule has 3 nitrogen and oxygen atoms in total. The monoisotopic (exact) mass is 212 g/mol. The molecule has 0 atom stereocenters. The van der Waals surface area contributed by atoms with Crippen molar-refractivity contribution >= 4 is 0 Å². The summed E-state index contributed by atoms with van der Waals surface area (Å²) in [7, 11) is 0. The Kier molecular flexibility index (Phi) is 3.06. The van der Waals surface area contributed by atoms with Crippen LogP contribution in [0.5, 0.6) is 11.5 Å². The van der Waals surface area contributed by atoms with Crippen molar-refractivity contribution < 1.29 is 19.0 Å². The summed E-state index contributed by atoms with van der Waals surface area (Å²) in [5, 5.41) is 8.76. The molecule has 0 aromatic heterocycles. The van der Waals surface area contributed by atoms with Crippen molar-refractivity contribution in [1.82, 2.24) is 0 Å². The van der Waals surface area contributed by atoms with Gasteiger partial charge in [-0.1, -0.05) is 0 Å². The lowest BCUT2D eigenvalue weighted by Crippen LogP contribution is -1.95. The van der Waals surface area contributed by atoms with Gasteiger partial charge in [-0.05, 0) is 36.1 Å². The Morgan fingerprint density at radius 3 is 2.93 bits per heavy atom. The number of aliphatic hydroxyl groups excluding tert-OH is 1. The minimum atomic E-state index is -0.511. The smallest absolute Gasteiger partial charge is 0.231 e. The maximum absolute atomic E-state index is 12.6. The minimum Gasteiger partial charge on any atom is -0.454 e. The van der Waals surface area contributed by atoms with Crippen LogP contribution in [0.15, 0.2) is 12.1 Å². The molecule has 0 fully saturated rings. The normalized spacial score (nSPS) is 13.2. The number of aliphatic hydroxyl groups is 1. The van der Waals surface area contributed by atoms with Crippen LogP contribution < -0.4 is 9.47 Å². The molecule has 1 aliphatic heterocycles. The second-order valence-corrected chi connectivity index (χ2v) is 3.45. The number of rotatable bonds is 4. The van der Waals surface area contributed by atoms with E-state index in [2.05, 4.69) is 0 Å². The van der Waals surface area contributed by atoms with Crippen molar-refractivity contribution in [2.24, 2.45) is 0 Å². The molecule has 1 N–H and O–H groups in total. The van der Waals surface area contributed by atoms with Crippen molar-refractivity contribution in [2.45, 2.75) is 19.5 Å². The molecule has 1 aromatic carbocycles. The molecule has 1 heterocycles. The Balaban J connectivity index is 2.30. The highest BCUT2D eigenvalue weighted by Gasteiger charge is 2.18. The highest BCUT2D eigenvalue weighted by atomic mass is 19.1. The highest BCUT2D eigenvalue weighted by molar-refractivity contribution is 5.50. The second-order valence-electron chi connectivity index (χ2n) is 3.45. The van der Waals surface area contributed by atoms with Gasteiger partial charge < -0.3 is 14.6 Å². The molecule has 4 heteroatoms. The predicted octanol–water partition coefficient (Wildman–Crippen LogP) is 1.81. The van der Waals surface area contributed by atoms with Crippen LogP contribution >= 0.6 is 0 Å². The summed E-state index contributed by atoms with van der Waals surface area (Å²) in [6, 6.07) is 3.42. The lowest BCUT2D eigenvalue weighted by molar-refractivity contribution is 0.173. The molecular weight excluding hydrogens is 199 g/mol. The number of alkyl halides is 1. The third-order valence-corrected chi connectivity index (χ3v) is 2.37. The molecule has 15 heavy (non-hydrogen) atoms. The van der Waals surface area contributed by atoms with E-state index in [1.165, 1.54) is 0 Å². The van der Waals surface area contributed by atoms with E-state index in [1.807, 2.05) is 0 Å². The molecule has 0 aliphatic carbocycles. The molecule has 0 bridgehead atoms. The fourth-order valence-electron chi connectivity index (χ4n) is 1.68. The van der Waals surface area contributed by atoms with Crippen molar-refractivity contribution in [1.29, 1.82) is 0 Å². The summed E-state index contributed by atoms with van der Waals surface area (Å²) in [6.45, 7) is -0.199. The average molecular weight is 212 g/mol. The van der Waals surface area contributed by atoms with Gasteiger partial charge in [0.15, 0.2) is 11.5 Å². The molecular formula is C11H13FO3. The molecule has 0 amide bonds. The molecule has 1 aliphatic rings. The van der Waals surface area contributed by atoms with E-state index in [1.54, 1.807) is 12.1 Å². The summed E-state index contributed by atoms with van der Waals surface area (Å²) in [4.78, 5) is 0. The standard InChI is InChI=1S/C11H13FO3/c12-6-8-4-9(2-1-3-13)11-10(5-8)14-7-15-11/h4-5,13H,1-3,6-7H2. The van der Waals surface area contributed by atoms with Crippen LogP contribution in [-0.2, 0) is 13.1 Å². The van der Waals surface area contributed by atoms with Gasteiger partial charge in [-0.25, -0.2) is 4.39 Å². The molecule has 2 rings (SSSR count). The van der Waals surface area contributed by atoms with Gasteiger partial charge in [0.05, 0.1) is 0 Å². The summed E-state index contributed by atoms with van der Waals surface area (Å²) in [5.41, 5.74) is 1.50. The van der Waals surface area contributed by atoms with Crippen molar-refractivity contribution in [2.75, 3.05) is 13.4 Å². The molecule has 0 spiro atoms. The van der Waals surface area contributed by atoms with Crippen molar-refractivity contribution in [3.8, 4) is 11.5 Å². The summed E-state index contributed by atoms with van der Waals surface area (Å²) < 4.78 is 23.1. The van der Waals surface area contributed by atoms with Crippen molar-refractivity contribution in [3.05, 3.63) is 23.3 Å². The number of benzene rings is 1. The van der Waals surface area contributed by atoms with Gasteiger partial charge in [0.1, 0.15) is 6.67 Å². The molecule has 1 aromatic rings. The topological polar surface area (TPSA) is 38.7 Å². The fourth-order valence-corrected chi connectivity index (χ4v) is 1.68. The Hall–Kier alpha value is -1.29. The second kappa shape index (κ2) is 4.49. The number of aryl methyl sites for hydroxylation is 1. The van der Waals surface area contributed by atoms with E-state index in [9.17, 15) is 4.39 Å². The lowest BCUT2D eigenvalue weighted by Gasteiger charge is -2.06. The lowest BCUT2D eigenvalue weighted by atomic mass is 10.0. The average Bonchev–Trinajstić information content (AvgIpc) is 2.73. The zero-order valence-corrected chi connectivity index (χ0v) is 8.33. The van der Waals surface area contributed by atoms with Gasteiger partial charge in [-0.15, -0.1) is 0 Å². The summed E-state index contributed by atoms with van der Waals surface area (Å²) >= 11 is 0.